The fourth-order valence-corrected chi connectivity index (χ4v) is 4.02. The third-order valence-corrected chi connectivity index (χ3v) is 5.09. The number of amides is 2. The van der Waals surface area contributed by atoms with Crippen LogP contribution in [0.15, 0.2) is 18.2 Å². The van der Waals surface area contributed by atoms with Crippen molar-refractivity contribution in [2.24, 2.45) is 0 Å². The number of thiazole rings is 1. The maximum absolute atomic E-state index is 12.7. The zero-order valence-electron chi connectivity index (χ0n) is 15.5. The van der Waals surface area contributed by atoms with Gasteiger partial charge < -0.3 is 10.3 Å². The molecule has 3 rings (SSSR count). The SMILES string of the molecule is CCc1c(C(=O)Nc2nc3ccc(NC(C)=O)cc3s2)[nH]c(C)c1C(C)=O. The van der Waals surface area contributed by atoms with E-state index in [-0.39, 0.29) is 17.6 Å². The van der Waals surface area contributed by atoms with Gasteiger partial charge in [0, 0.05) is 23.9 Å². The van der Waals surface area contributed by atoms with Crippen LogP contribution < -0.4 is 10.6 Å². The Bertz CT molecular complexity index is 1060. The number of aromatic nitrogens is 2. The Morgan fingerprint density at radius 2 is 1.93 bits per heavy atom. The van der Waals surface area contributed by atoms with Crippen molar-refractivity contribution in [3.05, 3.63) is 40.7 Å². The summed E-state index contributed by atoms with van der Waals surface area (Å²) < 4.78 is 0.847. The molecule has 8 heteroatoms. The number of rotatable bonds is 5. The number of ketones is 1. The van der Waals surface area contributed by atoms with Crippen molar-refractivity contribution in [1.82, 2.24) is 9.97 Å². The first-order valence-electron chi connectivity index (χ1n) is 8.52. The van der Waals surface area contributed by atoms with Crippen molar-refractivity contribution in [2.75, 3.05) is 10.6 Å². The van der Waals surface area contributed by atoms with Gasteiger partial charge in [-0.3, -0.25) is 19.7 Å². The maximum Gasteiger partial charge on any atom is 0.274 e. The number of aryl methyl sites for hydroxylation is 1. The molecular weight excluding hydrogens is 364 g/mol. The van der Waals surface area contributed by atoms with Crippen LogP contribution >= 0.6 is 11.3 Å². The number of nitrogens with zero attached hydrogens (tertiary/aromatic N) is 1. The molecule has 2 aromatic heterocycles. The Labute approximate surface area is 160 Å². The van der Waals surface area contributed by atoms with E-state index in [0.717, 1.165) is 10.2 Å². The molecule has 0 unspecified atom stereocenters. The average Bonchev–Trinajstić information content (AvgIpc) is 3.13. The van der Waals surface area contributed by atoms with E-state index >= 15 is 0 Å². The van der Waals surface area contributed by atoms with Crippen molar-refractivity contribution in [3.63, 3.8) is 0 Å². The lowest BCUT2D eigenvalue weighted by molar-refractivity contribution is -0.114. The zero-order valence-corrected chi connectivity index (χ0v) is 16.3. The largest absolute Gasteiger partial charge is 0.354 e. The molecule has 7 nitrogen and oxygen atoms in total. The highest BCUT2D eigenvalue weighted by atomic mass is 32.1. The molecule has 27 heavy (non-hydrogen) atoms. The fraction of sp³-hybridized carbons (Fsp3) is 0.263. The second kappa shape index (κ2) is 7.32. The van der Waals surface area contributed by atoms with Crippen LogP contribution in [0.4, 0.5) is 10.8 Å². The Balaban J connectivity index is 1.89. The molecule has 0 atom stereocenters. The molecule has 0 radical (unpaired) electrons. The lowest BCUT2D eigenvalue weighted by Gasteiger charge is -2.03. The summed E-state index contributed by atoms with van der Waals surface area (Å²) in [6.45, 7) is 6.64. The van der Waals surface area contributed by atoms with E-state index < -0.39 is 0 Å². The van der Waals surface area contributed by atoms with E-state index in [1.807, 2.05) is 13.0 Å². The molecule has 140 valence electrons. The number of H-pyrrole nitrogens is 1. The lowest BCUT2D eigenvalue weighted by Crippen LogP contribution is -2.14. The topological polar surface area (TPSA) is 104 Å². The Morgan fingerprint density at radius 3 is 2.56 bits per heavy atom. The minimum absolute atomic E-state index is 0.0647. The van der Waals surface area contributed by atoms with Gasteiger partial charge in [-0.25, -0.2) is 4.98 Å². The summed E-state index contributed by atoms with van der Waals surface area (Å²) in [6.07, 6.45) is 0.571. The summed E-state index contributed by atoms with van der Waals surface area (Å²) in [7, 11) is 0. The van der Waals surface area contributed by atoms with Gasteiger partial charge in [0.1, 0.15) is 5.69 Å². The predicted octanol–water partition coefficient (Wildman–Crippen LogP) is 3.91. The first-order valence-corrected chi connectivity index (χ1v) is 9.33. The number of fused-ring (bicyclic) bond motifs is 1. The van der Waals surface area contributed by atoms with E-state index in [0.29, 0.717) is 39.8 Å². The molecule has 3 N–H and O–H groups in total. The van der Waals surface area contributed by atoms with E-state index in [1.165, 1.54) is 25.2 Å². The van der Waals surface area contributed by atoms with Crippen molar-refractivity contribution in [3.8, 4) is 0 Å². The van der Waals surface area contributed by atoms with E-state index in [2.05, 4.69) is 20.6 Å². The third kappa shape index (κ3) is 3.75. The van der Waals surface area contributed by atoms with Crippen LogP contribution in [0.5, 0.6) is 0 Å². The Kier molecular flexibility index (Phi) is 5.09. The molecule has 3 aromatic rings. The van der Waals surface area contributed by atoms with Crippen LogP contribution in [-0.4, -0.2) is 27.6 Å². The summed E-state index contributed by atoms with van der Waals surface area (Å²) in [6, 6.07) is 5.36. The molecule has 2 heterocycles. The van der Waals surface area contributed by atoms with Gasteiger partial charge in [-0.15, -0.1) is 0 Å². The molecule has 0 aliphatic carbocycles. The minimum Gasteiger partial charge on any atom is -0.354 e. The summed E-state index contributed by atoms with van der Waals surface area (Å²) in [4.78, 5) is 43.2. The van der Waals surface area contributed by atoms with Gasteiger partial charge in [0.2, 0.25) is 5.91 Å². The van der Waals surface area contributed by atoms with Crippen LogP contribution in [0.1, 0.15) is 52.9 Å². The number of Topliss-reactive ketones (excluding diaryl/α,β-unsaturated/α-hetero) is 1. The van der Waals surface area contributed by atoms with Crippen LogP contribution in [0, 0.1) is 6.92 Å². The highest BCUT2D eigenvalue weighted by Crippen LogP contribution is 2.29. The molecular formula is C19H20N4O3S. The van der Waals surface area contributed by atoms with Gasteiger partial charge in [0.05, 0.1) is 10.2 Å². The van der Waals surface area contributed by atoms with Crippen LogP contribution in [0.2, 0.25) is 0 Å². The zero-order chi connectivity index (χ0) is 19.7. The highest BCUT2D eigenvalue weighted by molar-refractivity contribution is 7.22. The van der Waals surface area contributed by atoms with Gasteiger partial charge in [-0.1, -0.05) is 18.3 Å². The van der Waals surface area contributed by atoms with Gasteiger partial charge in [0.25, 0.3) is 5.91 Å². The lowest BCUT2D eigenvalue weighted by atomic mass is 10.0. The number of anilines is 2. The quantitative estimate of drug-likeness (QED) is 0.580. The normalized spacial score (nSPS) is 10.8. The second-order valence-electron chi connectivity index (χ2n) is 6.23. The summed E-state index contributed by atoms with van der Waals surface area (Å²) in [5, 5.41) is 5.98. The summed E-state index contributed by atoms with van der Waals surface area (Å²) in [5.41, 5.74) is 3.77. The number of hydrogen-bond acceptors (Lipinski definition) is 5. The van der Waals surface area contributed by atoms with Gasteiger partial charge in [0.15, 0.2) is 10.9 Å². The molecule has 0 spiro atoms. The average molecular weight is 384 g/mol. The van der Waals surface area contributed by atoms with Gasteiger partial charge in [-0.05, 0) is 44.0 Å². The number of aromatic amines is 1. The summed E-state index contributed by atoms with van der Waals surface area (Å²) in [5.74, 6) is -0.545. The standard InChI is InChI=1S/C19H20N4O3S/c1-5-13-16(10(3)24)9(2)20-17(13)18(26)23-19-22-14-7-6-12(21-11(4)25)8-15(14)27-19/h6-8,20H,5H2,1-4H3,(H,21,25)(H,22,23,26). The molecule has 2 amide bonds. The van der Waals surface area contributed by atoms with E-state index in [9.17, 15) is 14.4 Å². The molecule has 1 aromatic carbocycles. The van der Waals surface area contributed by atoms with E-state index in [1.54, 1.807) is 19.1 Å². The first kappa shape index (κ1) is 18.8. The third-order valence-electron chi connectivity index (χ3n) is 4.15. The molecule has 0 saturated carbocycles. The Hall–Kier alpha value is -3.00. The molecule has 0 aliphatic heterocycles. The highest BCUT2D eigenvalue weighted by Gasteiger charge is 2.22. The second-order valence-corrected chi connectivity index (χ2v) is 7.26. The van der Waals surface area contributed by atoms with Crippen molar-refractivity contribution >= 4 is 50.0 Å². The number of hydrogen-bond donors (Lipinski definition) is 3. The summed E-state index contributed by atoms with van der Waals surface area (Å²) >= 11 is 1.32. The molecule has 0 fully saturated rings. The van der Waals surface area contributed by atoms with Crippen molar-refractivity contribution in [1.29, 1.82) is 0 Å². The van der Waals surface area contributed by atoms with Crippen LogP contribution in [0.25, 0.3) is 10.2 Å². The number of carbonyl (C=O) groups is 3. The van der Waals surface area contributed by atoms with E-state index in [4.69, 9.17) is 0 Å². The van der Waals surface area contributed by atoms with Crippen molar-refractivity contribution < 1.29 is 14.4 Å². The number of benzene rings is 1. The minimum atomic E-state index is -0.330. The van der Waals surface area contributed by atoms with Crippen LogP contribution in [0.3, 0.4) is 0 Å². The predicted molar refractivity (Wildman–Crippen MR) is 107 cm³/mol. The Morgan fingerprint density at radius 1 is 1.19 bits per heavy atom. The van der Waals surface area contributed by atoms with Crippen LogP contribution in [-0.2, 0) is 11.2 Å². The maximum atomic E-state index is 12.7. The fourth-order valence-electron chi connectivity index (χ4n) is 3.12. The van der Waals surface area contributed by atoms with Gasteiger partial charge in [-0.2, -0.15) is 0 Å². The first-order chi connectivity index (χ1) is 12.8. The smallest absolute Gasteiger partial charge is 0.274 e. The molecule has 0 bridgehead atoms. The number of carbonyl (C=O) groups excluding carboxylic acids is 3. The molecule has 0 aliphatic rings. The van der Waals surface area contributed by atoms with Crippen molar-refractivity contribution in [2.45, 2.75) is 34.1 Å². The monoisotopic (exact) mass is 384 g/mol. The molecule has 0 saturated heterocycles. The number of nitrogens with one attached hydrogen (secondary N) is 3. The van der Waals surface area contributed by atoms with Gasteiger partial charge >= 0.3 is 0 Å².